The molecule has 0 saturated heterocycles. The van der Waals surface area contributed by atoms with Gasteiger partial charge in [-0.2, -0.15) is 0 Å². The van der Waals surface area contributed by atoms with Crippen LogP contribution in [0.2, 0.25) is 0 Å². The second kappa shape index (κ2) is 15.6. The zero-order chi connectivity index (χ0) is 34.1. The molecule has 4 amide bonds. The van der Waals surface area contributed by atoms with Gasteiger partial charge in [0, 0.05) is 39.5 Å². The Balaban J connectivity index is 1.86. The Hall–Kier alpha value is -4.66. The van der Waals surface area contributed by atoms with Gasteiger partial charge in [0.25, 0.3) is 0 Å². The van der Waals surface area contributed by atoms with Gasteiger partial charge in [-0.1, -0.05) is 78.9 Å². The number of amides is 4. The molecule has 0 radical (unpaired) electrons. The molecule has 2 atom stereocenters. The molecule has 3 rings (SSSR count). The average Bonchev–Trinajstić information content (AvgIpc) is 3.00. The van der Waals surface area contributed by atoms with Crippen molar-refractivity contribution in [3.05, 3.63) is 96.1 Å². The zero-order valence-electron chi connectivity index (χ0n) is 28.3. The third kappa shape index (κ3) is 10.5. The number of fused-ring (bicyclic) bond motifs is 1. The van der Waals surface area contributed by atoms with Crippen LogP contribution in [0.3, 0.4) is 0 Å². The lowest BCUT2D eigenvalue weighted by Gasteiger charge is -2.34. The van der Waals surface area contributed by atoms with Crippen molar-refractivity contribution in [1.29, 1.82) is 0 Å². The summed E-state index contributed by atoms with van der Waals surface area (Å²) in [6.07, 6.45) is 3.48. The molecule has 46 heavy (non-hydrogen) atoms. The zero-order valence-corrected chi connectivity index (χ0v) is 28.3. The third-order valence-corrected chi connectivity index (χ3v) is 7.71. The summed E-state index contributed by atoms with van der Waals surface area (Å²) in [6.45, 7) is 9.04. The van der Waals surface area contributed by atoms with E-state index in [1.807, 2.05) is 86.6 Å². The van der Waals surface area contributed by atoms with Crippen molar-refractivity contribution in [2.75, 3.05) is 21.1 Å². The molecule has 0 aliphatic heterocycles. The molecule has 246 valence electrons. The highest BCUT2D eigenvalue weighted by atomic mass is 16.6. The van der Waals surface area contributed by atoms with E-state index in [4.69, 9.17) is 4.74 Å². The van der Waals surface area contributed by atoms with E-state index in [1.54, 1.807) is 48.0 Å². The fourth-order valence-corrected chi connectivity index (χ4v) is 5.13. The lowest BCUT2D eigenvalue weighted by atomic mass is 9.98. The fraction of sp³-hybridized carbons (Fsp3) is 0.405. The van der Waals surface area contributed by atoms with Crippen molar-refractivity contribution in [2.24, 2.45) is 0 Å². The lowest BCUT2D eigenvalue weighted by molar-refractivity contribution is -0.146. The highest BCUT2D eigenvalue weighted by Crippen LogP contribution is 2.20. The molecule has 0 fully saturated rings. The number of hydrogen-bond donors (Lipinski definition) is 2. The number of ether oxygens (including phenoxy) is 1. The molecule has 9 nitrogen and oxygen atoms in total. The van der Waals surface area contributed by atoms with E-state index < -0.39 is 29.3 Å². The predicted molar refractivity (Wildman–Crippen MR) is 182 cm³/mol. The minimum absolute atomic E-state index is 0.252. The summed E-state index contributed by atoms with van der Waals surface area (Å²) in [6, 6.07) is 21.8. The van der Waals surface area contributed by atoms with Crippen molar-refractivity contribution >= 4 is 34.6 Å². The molecular weight excluding hydrogens is 580 g/mol. The summed E-state index contributed by atoms with van der Waals surface area (Å²) in [7, 11) is 4.75. The number of rotatable bonds is 12. The van der Waals surface area contributed by atoms with E-state index in [0.717, 1.165) is 21.9 Å². The highest BCUT2D eigenvalue weighted by Gasteiger charge is 2.34. The summed E-state index contributed by atoms with van der Waals surface area (Å²) in [5.41, 5.74) is 0.482. The molecule has 2 unspecified atom stereocenters. The van der Waals surface area contributed by atoms with Crippen molar-refractivity contribution < 1.29 is 23.9 Å². The van der Waals surface area contributed by atoms with Crippen LogP contribution in [-0.4, -0.2) is 78.0 Å². The van der Waals surface area contributed by atoms with Gasteiger partial charge < -0.3 is 25.2 Å². The second-order valence-corrected chi connectivity index (χ2v) is 13.2. The number of benzene rings is 3. The molecule has 0 spiro atoms. The molecular formula is C37H48N4O5. The monoisotopic (exact) mass is 628 g/mol. The van der Waals surface area contributed by atoms with Gasteiger partial charge in [0.05, 0.1) is 0 Å². The summed E-state index contributed by atoms with van der Waals surface area (Å²) in [5, 5.41) is 7.62. The smallest absolute Gasteiger partial charge is 0.408 e. The Morgan fingerprint density at radius 1 is 0.783 bits per heavy atom. The summed E-state index contributed by atoms with van der Waals surface area (Å²) >= 11 is 0. The Labute approximate surface area is 273 Å². The van der Waals surface area contributed by atoms with Crippen molar-refractivity contribution in [1.82, 2.24) is 20.4 Å². The van der Waals surface area contributed by atoms with Crippen LogP contribution in [0.15, 0.2) is 84.9 Å². The largest absolute Gasteiger partial charge is 0.444 e. The number of alkyl carbamates (subject to hydrolysis) is 1. The first-order valence-corrected chi connectivity index (χ1v) is 15.5. The van der Waals surface area contributed by atoms with Crippen molar-refractivity contribution in [3.8, 4) is 0 Å². The Kier molecular flexibility index (Phi) is 12.1. The number of carbonyl (C=O) groups excluding carboxylic acids is 4. The van der Waals surface area contributed by atoms with Gasteiger partial charge in [-0.15, -0.1) is 0 Å². The van der Waals surface area contributed by atoms with E-state index in [1.165, 1.54) is 15.9 Å². The topological polar surface area (TPSA) is 108 Å². The minimum atomic E-state index is -0.890. The fourth-order valence-electron chi connectivity index (χ4n) is 5.13. The van der Waals surface area contributed by atoms with Gasteiger partial charge >= 0.3 is 6.09 Å². The molecule has 3 aromatic carbocycles. The van der Waals surface area contributed by atoms with Gasteiger partial charge in [-0.3, -0.25) is 14.4 Å². The van der Waals surface area contributed by atoms with Crippen LogP contribution in [0.1, 0.15) is 52.2 Å². The number of hydrogen-bond acceptors (Lipinski definition) is 5. The molecule has 0 aliphatic carbocycles. The van der Waals surface area contributed by atoms with Crippen molar-refractivity contribution in [3.63, 3.8) is 0 Å². The number of nitrogens with zero attached hydrogens (tertiary/aromatic N) is 2. The normalized spacial score (nSPS) is 13.1. The standard InChI is InChI=1S/C37H48N4O5/c1-36(2,3)46-35(45)39-37(4,5)22-14-19-32(42)40(7)31(25-27-20-21-28-17-12-13-18-29(28)23-27)34(44)41(8)30(33(43)38-6)24-26-15-10-9-11-16-26/h9-21,23,30-31H,22,24-25H2,1-8H3,(H,38,43)(H,39,45)/b19-14+. The lowest BCUT2D eigenvalue weighted by Crippen LogP contribution is -2.55. The van der Waals surface area contributed by atoms with Crippen LogP contribution in [0.5, 0.6) is 0 Å². The van der Waals surface area contributed by atoms with Crippen LogP contribution in [0.25, 0.3) is 10.8 Å². The summed E-state index contributed by atoms with van der Waals surface area (Å²) in [5.74, 6) is -1.02. The molecule has 3 aromatic rings. The van der Waals surface area contributed by atoms with Crippen LogP contribution in [-0.2, 0) is 32.0 Å². The Morgan fingerprint density at radius 2 is 1.39 bits per heavy atom. The van der Waals surface area contributed by atoms with E-state index in [2.05, 4.69) is 10.6 Å². The first-order chi connectivity index (χ1) is 21.6. The highest BCUT2D eigenvalue weighted by molar-refractivity contribution is 5.95. The van der Waals surface area contributed by atoms with E-state index >= 15 is 0 Å². The first kappa shape index (κ1) is 35.8. The van der Waals surface area contributed by atoms with Crippen molar-refractivity contribution in [2.45, 2.75) is 77.1 Å². The van der Waals surface area contributed by atoms with Crippen LogP contribution >= 0.6 is 0 Å². The second-order valence-electron chi connectivity index (χ2n) is 13.2. The number of likely N-dealkylation sites (N-methyl/N-ethyl adjacent to an activating group) is 3. The Bertz CT molecular complexity index is 1540. The maximum absolute atomic E-state index is 14.2. The summed E-state index contributed by atoms with van der Waals surface area (Å²) < 4.78 is 5.36. The quantitative estimate of drug-likeness (QED) is 0.266. The third-order valence-electron chi connectivity index (χ3n) is 7.71. The number of carbonyl (C=O) groups is 4. The molecule has 0 aliphatic rings. The van der Waals surface area contributed by atoms with Crippen LogP contribution in [0.4, 0.5) is 4.79 Å². The minimum Gasteiger partial charge on any atom is -0.444 e. The molecule has 0 heterocycles. The first-order valence-electron chi connectivity index (χ1n) is 15.5. The van der Waals surface area contributed by atoms with Crippen LogP contribution < -0.4 is 10.6 Å². The maximum Gasteiger partial charge on any atom is 0.408 e. The van der Waals surface area contributed by atoms with Gasteiger partial charge in [0.2, 0.25) is 17.7 Å². The van der Waals surface area contributed by atoms with Gasteiger partial charge in [0.1, 0.15) is 17.7 Å². The van der Waals surface area contributed by atoms with E-state index in [9.17, 15) is 19.2 Å². The number of nitrogens with one attached hydrogen (secondary N) is 2. The summed E-state index contributed by atoms with van der Waals surface area (Å²) in [4.78, 5) is 56.0. The van der Waals surface area contributed by atoms with Gasteiger partial charge in [-0.05, 0) is 69.0 Å². The molecule has 9 heteroatoms. The predicted octanol–water partition coefficient (Wildman–Crippen LogP) is 5.27. The van der Waals surface area contributed by atoms with Gasteiger partial charge in [-0.25, -0.2) is 4.79 Å². The molecule has 0 saturated carbocycles. The molecule has 2 N–H and O–H groups in total. The molecule has 0 bridgehead atoms. The molecule has 0 aromatic heterocycles. The maximum atomic E-state index is 14.2. The Morgan fingerprint density at radius 3 is 2.02 bits per heavy atom. The van der Waals surface area contributed by atoms with E-state index in [0.29, 0.717) is 12.8 Å². The average molecular weight is 629 g/mol. The van der Waals surface area contributed by atoms with E-state index in [-0.39, 0.29) is 24.1 Å². The SMILES string of the molecule is CNC(=O)C(Cc1ccccc1)N(C)C(=O)C(Cc1ccc2ccccc2c1)N(C)C(=O)/C=C/CC(C)(C)NC(=O)OC(C)(C)C. The van der Waals surface area contributed by atoms with Crippen LogP contribution in [0, 0.1) is 0 Å². The van der Waals surface area contributed by atoms with Gasteiger partial charge in [0.15, 0.2) is 0 Å².